The van der Waals surface area contributed by atoms with Crippen molar-refractivity contribution in [3.63, 3.8) is 0 Å². The van der Waals surface area contributed by atoms with Crippen LogP contribution >= 0.6 is 0 Å². The lowest BCUT2D eigenvalue weighted by Gasteiger charge is -2.27. The summed E-state index contributed by atoms with van der Waals surface area (Å²) in [4.78, 5) is 2.35. The Morgan fingerprint density at radius 1 is 1.47 bits per heavy atom. The summed E-state index contributed by atoms with van der Waals surface area (Å²) in [6, 6.07) is 0. The fraction of sp³-hybridized carbons (Fsp3) is 1.00. The molecule has 0 aromatic heterocycles. The minimum atomic E-state index is -0.339. The standard InChI is InChI=1S/C12H25NO2/c1-12(2,3)10-5-6-13(7-10)8-11(14)9-15-4/h10-11,14H,5-9H2,1-4H3. The Hall–Kier alpha value is -0.120. The van der Waals surface area contributed by atoms with Gasteiger partial charge in [-0.25, -0.2) is 0 Å². The molecule has 0 bridgehead atoms. The highest BCUT2D eigenvalue weighted by atomic mass is 16.5. The Bertz CT molecular complexity index is 189. The van der Waals surface area contributed by atoms with Gasteiger partial charge in [0.2, 0.25) is 0 Å². The molecule has 1 fully saturated rings. The summed E-state index contributed by atoms with van der Waals surface area (Å²) >= 11 is 0. The van der Waals surface area contributed by atoms with Gasteiger partial charge in [0.1, 0.15) is 0 Å². The summed E-state index contributed by atoms with van der Waals surface area (Å²) in [5.41, 5.74) is 0.390. The number of methoxy groups -OCH3 is 1. The maximum absolute atomic E-state index is 9.63. The smallest absolute Gasteiger partial charge is 0.0900 e. The van der Waals surface area contributed by atoms with Crippen LogP contribution in [0.4, 0.5) is 0 Å². The number of hydrogen-bond donors (Lipinski definition) is 1. The second-order valence-corrected chi connectivity index (χ2v) is 5.72. The lowest BCUT2D eigenvalue weighted by atomic mass is 9.80. The molecule has 0 amide bonds. The molecule has 3 nitrogen and oxygen atoms in total. The van der Waals surface area contributed by atoms with Crippen molar-refractivity contribution in [2.75, 3.05) is 33.4 Å². The van der Waals surface area contributed by atoms with Gasteiger partial charge < -0.3 is 14.7 Å². The summed E-state index contributed by atoms with van der Waals surface area (Å²) in [5, 5.41) is 9.63. The predicted octanol–water partition coefficient (Wildman–Crippen LogP) is 1.36. The monoisotopic (exact) mass is 215 g/mol. The number of hydrogen-bond acceptors (Lipinski definition) is 3. The first kappa shape index (κ1) is 12.9. The highest BCUT2D eigenvalue weighted by molar-refractivity contribution is 4.84. The van der Waals surface area contributed by atoms with Crippen molar-refractivity contribution >= 4 is 0 Å². The van der Waals surface area contributed by atoms with E-state index >= 15 is 0 Å². The van der Waals surface area contributed by atoms with Crippen LogP contribution in [0.2, 0.25) is 0 Å². The summed E-state index contributed by atoms with van der Waals surface area (Å²) in [5.74, 6) is 0.757. The second-order valence-electron chi connectivity index (χ2n) is 5.72. The van der Waals surface area contributed by atoms with Gasteiger partial charge in [0.05, 0.1) is 12.7 Å². The lowest BCUT2D eigenvalue weighted by Crippen LogP contribution is -2.34. The van der Waals surface area contributed by atoms with Crippen molar-refractivity contribution in [2.24, 2.45) is 11.3 Å². The van der Waals surface area contributed by atoms with E-state index in [2.05, 4.69) is 25.7 Å². The first-order valence-electron chi connectivity index (χ1n) is 5.83. The number of nitrogens with zero attached hydrogens (tertiary/aromatic N) is 1. The zero-order chi connectivity index (χ0) is 11.5. The third-order valence-corrected chi connectivity index (χ3v) is 3.33. The molecule has 1 heterocycles. The molecule has 15 heavy (non-hydrogen) atoms. The van der Waals surface area contributed by atoms with Crippen molar-refractivity contribution < 1.29 is 9.84 Å². The summed E-state index contributed by atoms with van der Waals surface area (Å²) < 4.78 is 4.93. The Kier molecular flexibility index (Phi) is 4.56. The normalized spacial score (nSPS) is 25.8. The van der Waals surface area contributed by atoms with Crippen molar-refractivity contribution in [1.29, 1.82) is 0 Å². The van der Waals surface area contributed by atoms with E-state index in [1.807, 2.05) is 0 Å². The molecule has 0 aromatic rings. The SMILES string of the molecule is COCC(O)CN1CCC(C(C)(C)C)C1. The molecule has 0 aliphatic carbocycles. The molecule has 1 rings (SSSR count). The number of aliphatic hydroxyl groups is 1. The fourth-order valence-electron chi connectivity index (χ4n) is 2.25. The second kappa shape index (κ2) is 5.28. The molecule has 1 aliphatic rings. The van der Waals surface area contributed by atoms with Gasteiger partial charge in [-0.2, -0.15) is 0 Å². The molecule has 2 atom stereocenters. The number of β-amino-alcohol motifs (C(OH)–C–C–N with tert-alkyl or cyclic N) is 1. The van der Waals surface area contributed by atoms with Gasteiger partial charge in [-0.3, -0.25) is 0 Å². The largest absolute Gasteiger partial charge is 0.389 e. The summed E-state index contributed by atoms with van der Waals surface area (Å²) in [6.07, 6.45) is 0.914. The van der Waals surface area contributed by atoms with Crippen LogP contribution in [0, 0.1) is 11.3 Å². The Balaban J connectivity index is 2.30. The number of ether oxygens (including phenoxy) is 1. The molecule has 2 unspecified atom stereocenters. The Morgan fingerprint density at radius 2 is 2.13 bits per heavy atom. The van der Waals surface area contributed by atoms with Gasteiger partial charge in [0, 0.05) is 20.2 Å². The molecule has 1 saturated heterocycles. The van der Waals surface area contributed by atoms with Crippen LogP contribution in [-0.4, -0.2) is 49.5 Å². The molecular formula is C12H25NO2. The van der Waals surface area contributed by atoms with Gasteiger partial charge in [-0.05, 0) is 24.3 Å². The average Bonchev–Trinajstić information content (AvgIpc) is 2.52. The third kappa shape index (κ3) is 4.09. The molecular weight excluding hydrogens is 190 g/mol. The highest BCUT2D eigenvalue weighted by Gasteiger charge is 2.32. The molecule has 0 radical (unpaired) electrons. The highest BCUT2D eigenvalue weighted by Crippen LogP contribution is 2.33. The van der Waals surface area contributed by atoms with E-state index in [4.69, 9.17) is 4.74 Å². The van der Waals surface area contributed by atoms with Crippen LogP contribution < -0.4 is 0 Å². The maximum Gasteiger partial charge on any atom is 0.0900 e. The van der Waals surface area contributed by atoms with E-state index in [0.29, 0.717) is 12.0 Å². The maximum atomic E-state index is 9.63. The van der Waals surface area contributed by atoms with Crippen LogP contribution in [0.25, 0.3) is 0 Å². The molecule has 90 valence electrons. The molecule has 3 heteroatoms. The van der Waals surface area contributed by atoms with E-state index in [0.717, 1.165) is 25.6 Å². The summed E-state index contributed by atoms with van der Waals surface area (Å²) in [6.45, 7) is 10.3. The van der Waals surface area contributed by atoms with Crippen LogP contribution in [0.5, 0.6) is 0 Å². The summed E-state index contributed by atoms with van der Waals surface area (Å²) in [7, 11) is 1.63. The van der Waals surface area contributed by atoms with Gasteiger partial charge >= 0.3 is 0 Å². The van der Waals surface area contributed by atoms with E-state index in [1.54, 1.807) is 7.11 Å². The lowest BCUT2D eigenvalue weighted by molar-refractivity contribution is 0.0408. The minimum Gasteiger partial charge on any atom is -0.389 e. The topological polar surface area (TPSA) is 32.7 Å². The zero-order valence-electron chi connectivity index (χ0n) is 10.5. The first-order valence-corrected chi connectivity index (χ1v) is 5.83. The zero-order valence-corrected chi connectivity index (χ0v) is 10.5. The molecule has 0 spiro atoms. The molecule has 0 saturated carbocycles. The molecule has 0 aromatic carbocycles. The molecule has 1 aliphatic heterocycles. The van der Waals surface area contributed by atoms with Gasteiger partial charge in [0.25, 0.3) is 0 Å². The van der Waals surface area contributed by atoms with Gasteiger partial charge in [0.15, 0.2) is 0 Å². The van der Waals surface area contributed by atoms with Gasteiger partial charge in [-0.15, -0.1) is 0 Å². The van der Waals surface area contributed by atoms with Crippen LogP contribution in [0.3, 0.4) is 0 Å². The average molecular weight is 215 g/mol. The van der Waals surface area contributed by atoms with Crippen molar-refractivity contribution in [3.8, 4) is 0 Å². The fourth-order valence-corrected chi connectivity index (χ4v) is 2.25. The van der Waals surface area contributed by atoms with Crippen molar-refractivity contribution in [3.05, 3.63) is 0 Å². The Morgan fingerprint density at radius 3 is 2.60 bits per heavy atom. The van der Waals surface area contributed by atoms with Crippen molar-refractivity contribution in [1.82, 2.24) is 4.90 Å². The van der Waals surface area contributed by atoms with Crippen LogP contribution in [0.15, 0.2) is 0 Å². The number of aliphatic hydroxyl groups excluding tert-OH is 1. The van der Waals surface area contributed by atoms with E-state index in [-0.39, 0.29) is 6.10 Å². The Labute approximate surface area is 93.4 Å². The first-order chi connectivity index (χ1) is 6.93. The molecule has 1 N–H and O–H groups in total. The number of likely N-dealkylation sites (tertiary alicyclic amines) is 1. The minimum absolute atomic E-state index is 0.339. The quantitative estimate of drug-likeness (QED) is 0.768. The van der Waals surface area contributed by atoms with E-state index in [9.17, 15) is 5.11 Å². The van der Waals surface area contributed by atoms with Crippen LogP contribution in [0.1, 0.15) is 27.2 Å². The number of rotatable bonds is 4. The van der Waals surface area contributed by atoms with Crippen LogP contribution in [-0.2, 0) is 4.74 Å². The van der Waals surface area contributed by atoms with E-state index < -0.39 is 0 Å². The van der Waals surface area contributed by atoms with Gasteiger partial charge in [-0.1, -0.05) is 20.8 Å². The van der Waals surface area contributed by atoms with E-state index in [1.165, 1.54) is 6.42 Å². The van der Waals surface area contributed by atoms with Crippen molar-refractivity contribution in [2.45, 2.75) is 33.3 Å². The third-order valence-electron chi connectivity index (χ3n) is 3.33. The predicted molar refractivity (Wildman–Crippen MR) is 61.9 cm³/mol.